The molecule has 0 atom stereocenters. The number of benzene rings is 2. The van der Waals surface area contributed by atoms with Gasteiger partial charge < -0.3 is 13.6 Å². The molecule has 5 rings (SSSR count). The van der Waals surface area contributed by atoms with Crippen LogP contribution in [0.25, 0.3) is 22.4 Å². The lowest BCUT2D eigenvalue weighted by atomic mass is 10.2. The first kappa shape index (κ1) is 19.4. The van der Waals surface area contributed by atoms with E-state index in [4.69, 9.17) is 13.6 Å². The third kappa shape index (κ3) is 3.94. The van der Waals surface area contributed by atoms with Crippen molar-refractivity contribution in [2.75, 3.05) is 5.75 Å². The smallest absolute Gasteiger partial charge is 0.289 e. The highest BCUT2D eigenvalue weighted by Gasteiger charge is 2.30. The molecule has 0 aliphatic carbocycles. The Morgan fingerprint density at radius 1 is 1.10 bits per heavy atom. The van der Waals surface area contributed by atoms with Crippen LogP contribution in [0.15, 0.2) is 63.4 Å². The topological polar surface area (TPSA) is 85.8 Å². The Kier molecular flexibility index (Phi) is 4.99. The van der Waals surface area contributed by atoms with Crippen molar-refractivity contribution in [3.8, 4) is 17.2 Å². The van der Waals surface area contributed by atoms with Gasteiger partial charge in [-0.2, -0.15) is 0 Å². The average Bonchev–Trinajstić information content (AvgIpc) is 3.45. The van der Waals surface area contributed by atoms with Gasteiger partial charge in [-0.05, 0) is 37.3 Å². The van der Waals surface area contributed by atoms with E-state index in [9.17, 15) is 9.59 Å². The zero-order valence-corrected chi connectivity index (χ0v) is 17.5. The molecule has 3 heterocycles. The zero-order chi connectivity index (χ0) is 21.4. The molecule has 156 valence electrons. The maximum atomic E-state index is 11.8. The highest BCUT2D eigenvalue weighted by Crippen LogP contribution is 2.28. The molecule has 8 heteroatoms. The summed E-state index contributed by atoms with van der Waals surface area (Å²) in [5.41, 5.74) is 2.26. The van der Waals surface area contributed by atoms with E-state index < -0.39 is 0 Å². The summed E-state index contributed by atoms with van der Waals surface area (Å²) in [7, 11) is 0. The van der Waals surface area contributed by atoms with E-state index >= 15 is 0 Å². The number of hydrogen-bond donors (Lipinski definition) is 0. The molecule has 2 amide bonds. The number of aromatic nitrogens is 1. The Balaban J connectivity index is 1.30. The number of ether oxygens (including phenoxy) is 1. The molecule has 4 aromatic rings. The van der Waals surface area contributed by atoms with Crippen LogP contribution in [0.4, 0.5) is 4.79 Å². The maximum absolute atomic E-state index is 11.8. The maximum Gasteiger partial charge on any atom is 0.289 e. The fourth-order valence-electron chi connectivity index (χ4n) is 3.34. The minimum atomic E-state index is -0.243. The number of fused-ring (bicyclic) bond motifs is 1. The van der Waals surface area contributed by atoms with E-state index in [2.05, 4.69) is 4.98 Å². The summed E-state index contributed by atoms with van der Waals surface area (Å²) in [5, 5.41) is 0.630. The van der Waals surface area contributed by atoms with Crippen LogP contribution in [0.1, 0.15) is 17.2 Å². The minimum Gasteiger partial charge on any atom is -0.487 e. The molecule has 0 radical (unpaired) electrons. The fourth-order valence-corrected chi connectivity index (χ4v) is 4.07. The molecule has 1 aliphatic rings. The van der Waals surface area contributed by atoms with Crippen molar-refractivity contribution in [1.29, 1.82) is 0 Å². The molecule has 0 N–H and O–H groups in total. The Bertz CT molecular complexity index is 1260. The summed E-state index contributed by atoms with van der Waals surface area (Å²) in [6.07, 6.45) is 0. The van der Waals surface area contributed by atoms with Crippen molar-refractivity contribution in [2.24, 2.45) is 0 Å². The molecule has 0 unspecified atom stereocenters. The number of carbonyl (C=O) groups is 2. The highest BCUT2D eigenvalue weighted by atomic mass is 32.2. The molecule has 0 spiro atoms. The van der Waals surface area contributed by atoms with Gasteiger partial charge in [0.2, 0.25) is 11.8 Å². The molecule has 1 saturated heterocycles. The van der Waals surface area contributed by atoms with Gasteiger partial charge in [0.05, 0.1) is 12.3 Å². The number of oxazole rings is 1. The Labute approximate surface area is 182 Å². The second-order valence-corrected chi connectivity index (χ2v) is 8.05. The van der Waals surface area contributed by atoms with Crippen molar-refractivity contribution in [2.45, 2.75) is 20.1 Å². The molecule has 7 nitrogen and oxygen atoms in total. The Hall–Kier alpha value is -3.52. The second-order valence-electron chi connectivity index (χ2n) is 7.12. The number of hydrogen-bond acceptors (Lipinski definition) is 7. The third-order valence-electron chi connectivity index (χ3n) is 4.99. The number of nitrogens with zero attached hydrogens (tertiary/aromatic N) is 2. The summed E-state index contributed by atoms with van der Waals surface area (Å²) < 4.78 is 17.5. The Morgan fingerprint density at radius 3 is 2.71 bits per heavy atom. The Morgan fingerprint density at radius 2 is 1.94 bits per heavy atom. The number of rotatable bonds is 6. The van der Waals surface area contributed by atoms with Crippen LogP contribution in [0, 0.1) is 6.92 Å². The molecule has 1 aliphatic heterocycles. The van der Waals surface area contributed by atoms with Gasteiger partial charge in [-0.3, -0.25) is 14.5 Å². The number of furan rings is 1. The number of aryl methyl sites for hydroxylation is 1. The quantitative estimate of drug-likeness (QED) is 0.414. The molecule has 2 aromatic heterocycles. The van der Waals surface area contributed by atoms with Crippen molar-refractivity contribution in [3.63, 3.8) is 0 Å². The predicted octanol–water partition coefficient (Wildman–Crippen LogP) is 5.17. The summed E-state index contributed by atoms with van der Waals surface area (Å²) in [4.78, 5) is 29.4. The van der Waals surface area contributed by atoms with E-state index in [0.29, 0.717) is 28.7 Å². The number of imide groups is 1. The van der Waals surface area contributed by atoms with Gasteiger partial charge in [-0.15, -0.1) is 0 Å². The van der Waals surface area contributed by atoms with Crippen LogP contribution in [0.5, 0.6) is 5.75 Å². The standard InChI is InChI=1S/C23H18N2O5S/c1-14-19(24-22(29-14)15-5-3-2-4-6-15)12-28-17-8-7-16-9-18(30-20(16)10-17)11-25-21(26)13-31-23(25)27/h2-10H,11-13H2,1H3. The average molecular weight is 434 g/mol. The van der Waals surface area contributed by atoms with Gasteiger partial charge in [0.15, 0.2) is 0 Å². The third-order valence-corrected chi connectivity index (χ3v) is 5.84. The van der Waals surface area contributed by atoms with Crippen LogP contribution in [0.3, 0.4) is 0 Å². The zero-order valence-electron chi connectivity index (χ0n) is 16.7. The molecule has 0 saturated carbocycles. The summed E-state index contributed by atoms with van der Waals surface area (Å²) in [5.74, 6) is 2.43. The van der Waals surface area contributed by atoms with E-state index in [1.54, 1.807) is 6.07 Å². The van der Waals surface area contributed by atoms with Crippen molar-refractivity contribution < 1.29 is 23.2 Å². The fraction of sp³-hybridized carbons (Fsp3) is 0.174. The first-order valence-electron chi connectivity index (χ1n) is 9.71. The van der Waals surface area contributed by atoms with Gasteiger partial charge in [-0.1, -0.05) is 30.0 Å². The molecule has 0 bridgehead atoms. The van der Waals surface area contributed by atoms with Gasteiger partial charge in [0, 0.05) is 17.0 Å². The van der Waals surface area contributed by atoms with E-state index in [1.807, 2.05) is 55.5 Å². The minimum absolute atomic E-state index is 0.135. The summed E-state index contributed by atoms with van der Waals surface area (Å²) in [6, 6.07) is 17.0. The molecular weight excluding hydrogens is 416 g/mol. The second kappa shape index (κ2) is 7.96. The molecule has 31 heavy (non-hydrogen) atoms. The van der Waals surface area contributed by atoms with Crippen LogP contribution >= 0.6 is 11.8 Å². The van der Waals surface area contributed by atoms with Crippen molar-refractivity contribution in [1.82, 2.24) is 9.88 Å². The number of carbonyl (C=O) groups excluding carboxylic acids is 2. The molecular formula is C23H18N2O5S. The number of amides is 2. The van der Waals surface area contributed by atoms with Crippen LogP contribution in [-0.4, -0.2) is 26.8 Å². The molecule has 2 aromatic carbocycles. The van der Waals surface area contributed by atoms with Crippen LogP contribution < -0.4 is 4.74 Å². The first-order chi connectivity index (χ1) is 15.1. The number of thioether (sulfide) groups is 1. The van der Waals surface area contributed by atoms with E-state index in [-0.39, 0.29) is 30.1 Å². The predicted molar refractivity (Wildman–Crippen MR) is 116 cm³/mol. The SMILES string of the molecule is Cc1oc(-c2ccccc2)nc1COc1ccc2cc(CN3C(=O)CSC3=O)oc2c1. The van der Waals surface area contributed by atoms with Crippen LogP contribution in [0.2, 0.25) is 0 Å². The van der Waals surface area contributed by atoms with Gasteiger partial charge in [0.25, 0.3) is 5.24 Å². The van der Waals surface area contributed by atoms with E-state index in [0.717, 1.165) is 28.4 Å². The first-order valence-corrected chi connectivity index (χ1v) is 10.7. The van der Waals surface area contributed by atoms with Gasteiger partial charge >= 0.3 is 0 Å². The lowest BCUT2D eigenvalue weighted by molar-refractivity contribution is -0.125. The van der Waals surface area contributed by atoms with Crippen molar-refractivity contribution >= 4 is 33.9 Å². The summed E-state index contributed by atoms with van der Waals surface area (Å²) >= 11 is 1.01. The van der Waals surface area contributed by atoms with Gasteiger partial charge in [-0.25, -0.2) is 4.98 Å². The van der Waals surface area contributed by atoms with Gasteiger partial charge in [0.1, 0.15) is 35.2 Å². The van der Waals surface area contributed by atoms with Crippen molar-refractivity contribution in [3.05, 3.63) is 71.8 Å². The summed E-state index contributed by atoms with van der Waals surface area (Å²) in [6.45, 7) is 2.25. The lowest BCUT2D eigenvalue weighted by Crippen LogP contribution is -2.27. The largest absolute Gasteiger partial charge is 0.487 e. The highest BCUT2D eigenvalue weighted by molar-refractivity contribution is 8.14. The molecule has 1 fully saturated rings. The normalized spacial score (nSPS) is 14.0. The van der Waals surface area contributed by atoms with Crippen LogP contribution in [-0.2, 0) is 17.9 Å². The van der Waals surface area contributed by atoms with E-state index in [1.165, 1.54) is 4.90 Å². The monoisotopic (exact) mass is 434 g/mol. The lowest BCUT2D eigenvalue weighted by Gasteiger charge is -2.09.